The van der Waals surface area contributed by atoms with Gasteiger partial charge in [0.15, 0.2) is 0 Å². The molecule has 1 aromatic carbocycles. The van der Waals surface area contributed by atoms with E-state index in [4.69, 9.17) is 0 Å². The number of carbonyl (C=O) groups excluding carboxylic acids is 1. The fourth-order valence-corrected chi connectivity index (χ4v) is 3.66. The molecule has 1 fully saturated rings. The average molecular weight is 288 g/mol. The number of amides is 1. The van der Waals surface area contributed by atoms with E-state index < -0.39 is 0 Å². The Kier molecular flexibility index (Phi) is 4.56. The van der Waals surface area contributed by atoms with E-state index in [2.05, 4.69) is 17.4 Å². The molecule has 1 amide bonds. The van der Waals surface area contributed by atoms with Crippen LogP contribution < -0.4 is 5.32 Å². The summed E-state index contributed by atoms with van der Waals surface area (Å²) in [7, 11) is 0. The quantitative estimate of drug-likeness (QED) is 0.889. The highest BCUT2D eigenvalue weighted by molar-refractivity contribution is 5.85. The molecule has 0 bridgehead atoms. The minimum absolute atomic E-state index is 0.0748. The van der Waals surface area contributed by atoms with Gasteiger partial charge in [-0.15, -0.1) is 0 Å². The first-order valence-electron chi connectivity index (χ1n) is 8.01. The fourth-order valence-electron chi connectivity index (χ4n) is 3.66. The number of piperidine rings is 1. The number of rotatable bonds is 3. The lowest BCUT2D eigenvalue weighted by molar-refractivity contribution is -0.137. The van der Waals surface area contributed by atoms with Gasteiger partial charge in [-0.2, -0.15) is 0 Å². The van der Waals surface area contributed by atoms with E-state index in [0.29, 0.717) is 6.42 Å². The molecule has 4 heteroatoms. The first-order valence-corrected chi connectivity index (χ1v) is 8.01. The first-order chi connectivity index (χ1) is 10.3. The minimum atomic E-state index is -0.0748. The lowest BCUT2D eigenvalue weighted by Crippen LogP contribution is -2.48. The Bertz CT molecular complexity index is 501. The molecule has 4 nitrogen and oxygen atoms in total. The maximum atomic E-state index is 13.0. The van der Waals surface area contributed by atoms with Gasteiger partial charge in [0.2, 0.25) is 5.91 Å². The predicted molar refractivity (Wildman–Crippen MR) is 81.9 cm³/mol. The van der Waals surface area contributed by atoms with Crippen molar-refractivity contribution in [2.75, 3.05) is 19.7 Å². The van der Waals surface area contributed by atoms with Gasteiger partial charge in [0.05, 0.1) is 5.92 Å². The van der Waals surface area contributed by atoms with Gasteiger partial charge in [0.25, 0.3) is 0 Å². The Morgan fingerprint density at radius 1 is 1.33 bits per heavy atom. The Labute approximate surface area is 126 Å². The number of aliphatic hydroxyl groups excluding tert-OH is 1. The van der Waals surface area contributed by atoms with Crippen molar-refractivity contribution in [3.63, 3.8) is 0 Å². The number of likely N-dealkylation sites (tertiary alicyclic amines) is 1. The summed E-state index contributed by atoms with van der Waals surface area (Å²) >= 11 is 0. The van der Waals surface area contributed by atoms with Crippen molar-refractivity contribution in [2.45, 2.75) is 44.2 Å². The van der Waals surface area contributed by atoms with Gasteiger partial charge in [0.1, 0.15) is 0 Å². The Balaban J connectivity index is 1.81. The Hall–Kier alpha value is -1.39. The van der Waals surface area contributed by atoms with Crippen LogP contribution in [-0.2, 0) is 11.3 Å². The van der Waals surface area contributed by atoms with Crippen molar-refractivity contribution in [2.24, 2.45) is 0 Å². The molecular formula is C17H24N2O2. The molecule has 114 valence electrons. The molecule has 1 aromatic rings. The average Bonchev–Trinajstić information content (AvgIpc) is 2.54. The highest BCUT2D eigenvalue weighted by atomic mass is 16.3. The Morgan fingerprint density at radius 3 is 3.05 bits per heavy atom. The number of benzene rings is 1. The van der Waals surface area contributed by atoms with Gasteiger partial charge < -0.3 is 15.3 Å². The zero-order valence-electron chi connectivity index (χ0n) is 12.4. The molecule has 3 rings (SSSR count). The molecule has 0 saturated carbocycles. The van der Waals surface area contributed by atoms with Crippen LogP contribution in [0.2, 0.25) is 0 Å². The second kappa shape index (κ2) is 6.58. The first kappa shape index (κ1) is 14.5. The fraction of sp³-hybridized carbons (Fsp3) is 0.588. The van der Waals surface area contributed by atoms with Crippen molar-refractivity contribution >= 4 is 5.91 Å². The molecular weight excluding hydrogens is 264 g/mol. The highest BCUT2D eigenvalue weighted by Crippen LogP contribution is 2.29. The zero-order chi connectivity index (χ0) is 14.7. The van der Waals surface area contributed by atoms with E-state index in [9.17, 15) is 9.90 Å². The largest absolute Gasteiger partial charge is 0.396 e. The molecule has 0 radical (unpaired) electrons. The van der Waals surface area contributed by atoms with Gasteiger partial charge >= 0.3 is 0 Å². The van der Waals surface area contributed by atoms with Crippen LogP contribution >= 0.6 is 0 Å². The summed E-state index contributed by atoms with van der Waals surface area (Å²) in [6, 6.07) is 8.45. The number of fused-ring (bicyclic) bond motifs is 1. The Morgan fingerprint density at radius 2 is 2.19 bits per heavy atom. The molecule has 2 heterocycles. The summed E-state index contributed by atoms with van der Waals surface area (Å²) in [5.74, 6) is 0.155. The van der Waals surface area contributed by atoms with Crippen LogP contribution in [0.4, 0.5) is 0 Å². The molecule has 1 saturated heterocycles. The molecule has 0 aliphatic carbocycles. The zero-order valence-corrected chi connectivity index (χ0v) is 12.4. The standard InChI is InChI=1S/C17H24N2O2/c20-10-8-14-6-3-4-9-19(14)17(21)16-12-18-11-13-5-1-2-7-15(13)16/h1-2,5,7,14,16,18,20H,3-4,6,8-12H2. The van der Waals surface area contributed by atoms with Crippen LogP contribution in [0.1, 0.15) is 42.7 Å². The van der Waals surface area contributed by atoms with Gasteiger partial charge in [-0.25, -0.2) is 0 Å². The molecule has 2 N–H and O–H groups in total. The molecule has 2 aliphatic heterocycles. The number of hydrogen-bond donors (Lipinski definition) is 2. The van der Waals surface area contributed by atoms with Crippen LogP contribution in [0.15, 0.2) is 24.3 Å². The van der Waals surface area contributed by atoms with E-state index in [0.717, 1.165) is 38.9 Å². The SMILES string of the molecule is O=C(C1CNCc2ccccc21)N1CCCCC1CCO. The van der Waals surface area contributed by atoms with E-state index in [-0.39, 0.29) is 24.5 Å². The van der Waals surface area contributed by atoms with Crippen molar-refractivity contribution in [3.8, 4) is 0 Å². The number of nitrogens with zero attached hydrogens (tertiary/aromatic N) is 1. The van der Waals surface area contributed by atoms with Crippen LogP contribution in [0.3, 0.4) is 0 Å². The smallest absolute Gasteiger partial charge is 0.231 e. The second-order valence-electron chi connectivity index (χ2n) is 6.08. The second-order valence-corrected chi connectivity index (χ2v) is 6.08. The third kappa shape index (κ3) is 2.97. The number of hydrogen-bond acceptors (Lipinski definition) is 3. The summed E-state index contributed by atoms with van der Waals surface area (Å²) < 4.78 is 0. The minimum Gasteiger partial charge on any atom is -0.396 e. The van der Waals surface area contributed by atoms with Crippen molar-refractivity contribution in [1.82, 2.24) is 10.2 Å². The molecule has 2 aliphatic rings. The molecule has 2 unspecified atom stereocenters. The van der Waals surface area contributed by atoms with Gasteiger partial charge in [0, 0.05) is 32.3 Å². The summed E-state index contributed by atoms with van der Waals surface area (Å²) in [6.07, 6.45) is 3.96. The lowest BCUT2D eigenvalue weighted by Gasteiger charge is -2.39. The van der Waals surface area contributed by atoms with E-state index in [1.807, 2.05) is 17.0 Å². The molecule has 0 spiro atoms. The third-order valence-electron chi connectivity index (χ3n) is 4.77. The van der Waals surface area contributed by atoms with Crippen LogP contribution in [0.25, 0.3) is 0 Å². The monoisotopic (exact) mass is 288 g/mol. The van der Waals surface area contributed by atoms with Gasteiger partial charge in [-0.3, -0.25) is 4.79 Å². The molecule has 2 atom stereocenters. The van der Waals surface area contributed by atoms with Gasteiger partial charge in [-0.1, -0.05) is 24.3 Å². The highest BCUT2D eigenvalue weighted by Gasteiger charge is 2.34. The van der Waals surface area contributed by atoms with E-state index in [1.54, 1.807) is 0 Å². The van der Waals surface area contributed by atoms with E-state index >= 15 is 0 Å². The topological polar surface area (TPSA) is 52.6 Å². The van der Waals surface area contributed by atoms with Crippen molar-refractivity contribution in [3.05, 3.63) is 35.4 Å². The predicted octanol–water partition coefficient (Wildman–Crippen LogP) is 1.64. The lowest BCUT2D eigenvalue weighted by atomic mass is 9.88. The van der Waals surface area contributed by atoms with Crippen molar-refractivity contribution < 1.29 is 9.90 Å². The summed E-state index contributed by atoms with van der Waals surface area (Å²) in [5.41, 5.74) is 2.41. The third-order valence-corrected chi connectivity index (χ3v) is 4.77. The van der Waals surface area contributed by atoms with Crippen LogP contribution in [0.5, 0.6) is 0 Å². The van der Waals surface area contributed by atoms with Crippen LogP contribution in [0, 0.1) is 0 Å². The number of carbonyl (C=O) groups is 1. The van der Waals surface area contributed by atoms with E-state index in [1.165, 1.54) is 11.1 Å². The molecule has 21 heavy (non-hydrogen) atoms. The maximum Gasteiger partial charge on any atom is 0.231 e. The summed E-state index contributed by atoms with van der Waals surface area (Å²) in [4.78, 5) is 15.0. The number of nitrogens with one attached hydrogen (secondary N) is 1. The normalized spacial score (nSPS) is 25.5. The summed E-state index contributed by atoms with van der Waals surface area (Å²) in [5, 5.41) is 12.6. The van der Waals surface area contributed by atoms with Gasteiger partial charge in [-0.05, 0) is 36.8 Å². The molecule has 0 aromatic heterocycles. The maximum absolute atomic E-state index is 13.0. The summed E-state index contributed by atoms with van der Waals surface area (Å²) in [6.45, 7) is 2.56. The van der Waals surface area contributed by atoms with Crippen molar-refractivity contribution in [1.29, 1.82) is 0 Å². The number of aliphatic hydroxyl groups is 1. The van der Waals surface area contributed by atoms with Crippen LogP contribution in [-0.4, -0.2) is 41.7 Å².